The van der Waals surface area contributed by atoms with Crippen LogP contribution in [0.1, 0.15) is 30.5 Å². The summed E-state index contributed by atoms with van der Waals surface area (Å²) in [6.45, 7) is 6.81. The third kappa shape index (κ3) is 1.88. The number of fused-ring (bicyclic) bond motifs is 3. The highest BCUT2D eigenvalue weighted by molar-refractivity contribution is 5.85. The summed E-state index contributed by atoms with van der Waals surface area (Å²) >= 11 is 0. The Morgan fingerprint density at radius 1 is 0.870 bits per heavy atom. The molecule has 2 aromatic carbocycles. The summed E-state index contributed by atoms with van der Waals surface area (Å²) in [6.07, 6.45) is 2.02. The third-order valence-corrected chi connectivity index (χ3v) is 5.11. The molecule has 0 amide bonds. The molecule has 2 nitrogen and oxygen atoms in total. The standard InChI is InChI=1S/C21H21N2/c1-14-9-5-6-10-15(14)20-19-17(13-22-23(20)4)16-11-7-8-12-18(16)21(19,2)3/h5-13H,1-4H3/q+1. The van der Waals surface area contributed by atoms with E-state index in [1.807, 2.05) is 17.9 Å². The first-order valence-electron chi connectivity index (χ1n) is 8.07. The van der Waals surface area contributed by atoms with Crippen molar-refractivity contribution < 1.29 is 4.68 Å². The zero-order valence-electron chi connectivity index (χ0n) is 14.1. The van der Waals surface area contributed by atoms with E-state index in [9.17, 15) is 0 Å². The second kappa shape index (κ2) is 4.76. The second-order valence-electron chi connectivity index (χ2n) is 6.89. The van der Waals surface area contributed by atoms with Gasteiger partial charge in [0.15, 0.2) is 7.05 Å². The largest absolute Gasteiger partial charge is 0.243 e. The molecule has 0 saturated carbocycles. The van der Waals surface area contributed by atoms with Gasteiger partial charge in [-0.25, -0.2) is 0 Å². The van der Waals surface area contributed by atoms with Gasteiger partial charge in [-0.05, 0) is 34.8 Å². The lowest BCUT2D eigenvalue weighted by Gasteiger charge is -2.22. The molecule has 1 heterocycles. The van der Waals surface area contributed by atoms with Crippen molar-refractivity contribution in [1.29, 1.82) is 0 Å². The molecule has 0 atom stereocenters. The summed E-state index contributed by atoms with van der Waals surface area (Å²) in [4.78, 5) is 0. The Labute approximate surface area is 137 Å². The van der Waals surface area contributed by atoms with Crippen LogP contribution in [0, 0.1) is 6.92 Å². The molecule has 0 fully saturated rings. The van der Waals surface area contributed by atoms with Crippen molar-refractivity contribution in [2.24, 2.45) is 7.05 Å². The van der Waals surface area contributed by atoms with E-state index in [-0.39, 0.29) is 5.41 Å². The predicted octanol–water partition coefficient (Wildman–Crippen LogP) is 4.19. The third-order valence-electron chi connectivity index (χ3n) is 5.11. The predicted molar refractivity (Wildman–Crippen MR) is 93.2 cm³/mol. The van der Waals surface area contributed by atoms with Crippen LogP contribution >= 0.6 is 0 Å². The Hall–Kier alpha value is -2.48. The minimum Gasteiger partial charge on any atom is -0.0861 e. The summed E-state index contributed by atoms with van der Waals surface area (Å²) < 4.78 is 2.02. The normalized spacial score (nSPS) is 14.4. The lowest BCUT2D eigenvalue weighted by molar-refractivity contribution is -0.720. The van der Waals surface area contributed by atoms with Crippen LogP contribution in [0.4, 0.5) is 0 Å². The Kier molecular flexibility index (Phi) is 2.92. The van der Waals surface area contributed by atoms with E-state index in [1.54, 1.807) is 0 Å². The van der Waals surface area contributed by atoms with Crippen LogP contribution in [0.2, 0.25) is 0 Å². The summed E-state index contributed by atoms with van der Waals surface area (Å²) in [6, 6.07) is 17.3. The lowest BCUT2D eigenvalue weighted by atomic mass is 9.80. The minimum absolute atomic E-state index is 0.0236. The van der Waals surface area contributed by atoms with Gasteiger partial charge in [-0.2, -0.15) is 0 Å². The summed E-state index contributed by atoms with van der Waals surface area (Å²) in [5, 5.41) is 4.65. The maximum atomic E-state index is 4.65. The summed E-state index contributed by atoms with van der Waals surface area (Å²) in [5.74, 6) is 0. The van der Waals surface area contributed by atoms with Gasteiger partial charge in [-0.15, -0.1) is 0 Å². The molecular weight excluding hydrogens is 280 g/mol. The van der Waals surface area contributed by atoms with Gasteiger partial charge >= 0.3 is 0 Å². The van der Waals surface area contributed by atoms with Gasteiger partial charge in [0.1, 0.15) is 6.20 Å². The van der Waals surface area contributed by atoms with Crippen molar-refractivity contribution in [3.8, 4) is 22.4 Å². The van der Waals surface area contributed by atoms with E-state index in [2.05, 4.69) is 74.4 Å². The first kappa shape index (κ1) is 14.1. The van der Waals surface area contributed by atoms with Gasteiger partial charge in [-0.1, -0.05) is 61.0 Å². The SMILES string of the molecule is Cc1ccccc1-c1c2c(cn[n+]1C)-c1ccccc1C2(C)C. The molecular formula is C21H21N2+. The number of hydrogen-bond acceptors (Lipinski definition) is 1. The zero-order chi connectivity index (χ0) is 16.2. The van der Waals surface area contributed by atoms with E-state index in [1.165, 1.54) is 39.1 Å². The fraction of sp³-hybridized carbons (Fsp3) is 0.238. The van der Waals surface area contributed by atoms with Crippen molar-refractivity contribution >= 4 is 0 Å². The van der Waals surface area contributed by atoms with Gasteiger partial charge in [0.25, 0.3) is 0 Å². The molecule has 4 rings (SSSR count). The van der Waals surface area contributed by atoms with Crippen molar-refractivity contribution in [2.75, 3.05) is 0 Å². The van der Waals surface area contributed by atoms with Crippen LogP contribution in [0.15, 0.2) is 54.7 Å². The zero-order valence-corrected chi connectivity index (χ0v) is 14.1. The van der Waals surface area contributed by atoms with Gasteiger partial charge in [0, 0.05) is 16.5 Å². The average Bonchev–Trinajstić information content (AvgIpc) is 2.77. The molecule has 23 heavy (non-hydrogen) atoms. The maximum Gasteiger partial charge on any atom is 0.243 e. The van der Waals surface area contributed by atoms with Crippen LogP contribution < -0.4 is 4.68 Å². The molecule has 3 aromatic rings. The van der Waals surface area contributed by atoms with Crippen LogP contribution in [-0.4, -0.2) is 5.10 Å². The number of rotatable bonds is 1. The van der Waals surface area contributed by atoms with Gasteiger partial charge in [0.05, 0.1) is 5.56 Å². The molecule has 1 aromatic heterocycles. The lowest BCUT2D eigenvalue weighted by Crippen LogP contribution is -2.38. The monoisotopic (exact) mass is 301 g/mol. The van der Waals surface area contributed by atoms with E-state index >= 15 is 0 Å². The average molecular weight is 301 g/mol. The van der Waals surface area contributed by atoms with Crippen LogP contribution in [0.3, 0.4) is 0 Å². The first-order valence-corrected chi connectivity index (χ1v) is 8.07. The van der Waals surface area contributed by atoms with Gasteiger partial charge in [0.2, 0.25) is 5.69 Å². The van der Waals surface area contributed by atoms with Crippen LogP contribution in [-0.2, 0) is 12.5 Å². The molecule has 114 valence electrons. The topological polar surface area (TPSA) is 16.8 Å². The highest BCUT2D eigenvalue weighted by Crippen LogP contribution is 2.50. The minimum atomic E-state index is -0.0236. The molecule has 1 aliphatic carbocycles. The van der Waals surface area contributed by atoms with E-state index in [4.69, 9.17) is 0 Å². The van der Waals surface area contributed by atoms with E-state index in [0.717, 1.165) is 0 Å². The molecule has 0 spiro atoms. The van der Waals surface area contributed by atoms with Gasteiger partial charge in [-0.3, -0.25) is 0 Å². The first-order chi connectivity index (χ1) is 11.0. The smallest absolute Gasteiger partial charge is 0.0861 e. The Morgan fingerprint density at radius 3 is 2.26 bits per heavy atom. The number of aromatic nitrogens is 2. The van der Waals surface area contributed by atoms with E-state index in [0.29, 0.717) is 0 Å². The van der Waals surface area contributed by atoms with Crippen molar-refractivity contribution in [3.63, 3.8) is 0 Å². The second-order valence-corrected chi connectivity index (χ2v) is 6.89. The Morgan fingerprint density at radius 2 is 1.52 bits per heavy atom. The molecule has 0 saturated heterocycles. The van der Waals surface area contributed by atoms with Crippen molar-refractivity contribution in [2.45, 2.75) is 26.2 Å². The summed E-state index contributed by atoms with van der Waals surface area (Å²) in [7, 11) is 2.04. The molecule has 0 radical (unpaired) electrons. The van der Waals surface area contributed by atoms with Crippen LogP contribution in [0.5, 0.6) is 0 Å². The number of aryl methyl sites for hydroxylation is 2. The molecule has 0 N–H and O–H groups in total. The van der Waals surface area contributed by atoms with E-state index < -0.39 is 0 Å². The van der Waals surface area contributed by atoms with Gasteiger partial charge < -0.3 is 0 Å². The molecule has 2 heteroatoms. The summed E-state index contributed by atoms with van der Waals surface area (Å²) in [5.41, 5.74) is 9.09. The highest BCUT2D eigenvalue weighted by atomic mass is 15.2. The Balaban J connectivity index is 2.12. The molecule has 0 unspecified atom stereocenters. The van der Waals surface area contributed by atoms with Crippen molar-refractivity contribution in [3.05, 3.63) is 71.4 Å². The number of hydrogen-bond donors (Lipinski definition) is 0. The quantitative estimate of drug-likeness (QED) is 0.616. The maximum absolute atomic E-state index is 4.65. The van der Waals surface area contributed by atoms with Crippen LogP contribution in [0.25, 0.3) is 22.4 Å². The fourth-order valence-electron chi connectivity index (χ4n) is 3.94. The Bertz CT molecular complexity index is 923. The fourth-order valence-corrected chi connectivity index (χ4v) is 3.94. The molecule has 1 aliphatic rings. The molecule has 0 aliphatic heterocycles. The highest BCUT2D eigenvalue weighted by Gasteiger charge is 2.42. The van der Waals surface area contributed by atoms with Crippen molar-refractivity contribution in [1.82, 2.24) is 5.10 Å². The molecule has 0 bridgehead atoms. The number of nitrogens with zero attached hydrogens (tertiary/aromatic N) is 2. The number of benzene rings is 2.